The highest BCUT2D eigenvalue weighted by Gasteiger charge is 2.40. The summed E-state index contributed by atoms with van der Waals surface area (Å²) in [5.41, 5.74) is 5.37. The van der Waals surface area contributed by atoms with Crippen LogP contribution in [0.5, 0.6) is 5.75 Å². The molecule has 2 rings (SSSR count). The smallest absolute Gasteiger partial charge is 0.408 e. The predicted octanol–water partition coefficient (Wildman–Crippen LogP) is 3.20. The lowest BCUT2D eigenvalue weighted by Crippen LogP contribution is -2.56. The van der Waals surface area contributed by atoms with Crippen LogP contribution in [0.25, 0.3) is 0 Å². The van der Waals surface area contributed by atoms with Gasteiger partial charge in [-0.2, -0.15) is 0 Å². The number of hydrogen-bond acceptors (Lipinski definition) is 6. The number of aryl methyl sites for hydroxylation is 1. The Balaban J connectivity index is 2.51. The lowest BCUT2D eigenvalue weighted by Gasteiger charge is -2.38. The van der Waals surface area contributed by atoms with Gasteiger partial charge < -0.3 is 31.1 Å². The first-order valence-electron chi connectivity index (χ1n) is 12.9. The average Bonchev–Trinajstić information content (AvgIpc) is 2.77. The van der Waals surface area contributed by atoms with Crippen molar-refractivity contribution in [2.45, 2.75) is 110 Å². The number of para-hydroxylation sites is 1. The maximum Gasteiger partial charge on any atom is 0.408 e. The summed E-state index contributed by atoms with van der Waals surface area (Å²) < 4.78 is 5.28. The van der Waals surface area contributed by atoms with Crippen LogP contribution in [0.3, 0.4) is 0 Å². The number of carbonyl (C=O) groups excluding carboxylic acids is 4. The number of nitrogens with one attached hydrogen (secondary N) is 2. The number of nitrogens with zero attached hydrogens (tertiary/aromatic N) is 1. The molecule has 0 radical (unpaired) electrons. The van der Waals surface area contributed by atoms with Gasteiger partial charge in [0.25, 0.3) is 0 Å². The van der Waals surface area contributed by atoms with Crippen molar-refractivity contribution < 1.29 is 29.0 Å². The molecule has 0 bridgehead atoms. The van der Waals surface area contributed by atoms with Gasteiger partial charge in [0.15, 0.2) is 0 Å². The van der Waals surface area contributed by atoms with Gasteiger partial charge in [-0.3, -0.25) is 14.4 Å². The van der Waals surface area contributed by atoms with E-state index in [0.717, 1.165) is 32.1 Å². The second-order valence-electron chi connectivity index (χ2n) is 11.0. The van der Waals surface area contributed by atoms with Crippen LogP contribution in [0.15, 0.2) is 18.2 Å². The standard InChI is InChI=1S/C27H42N4O6/c1-16(2)31(25(35)20(15-21(28)32)30-26(36)37-27(4,5)6)22(19-14-10-11-17(3)23(19)33)24(34)29-18-12-8-7-9-13-18/h10-11,14,16,18,20,22,33H,7-9,12-13,15H2,1-6H3,(H2,28,32)(H,29,34)(H,30,36). The highest BCUT2D eigenvalue weighted by Crippen LogP contribution is 2.34. The molecule has 4 amide bonds. The summed E-state index contributed by atoms with van der Waals surface area (Å²) in [6, 6.07) is 1.86. The van der Waals surface area contributed by atoms with Crippen molar-refractivity contribution in [3.63, 3.8) is 0 Å². The van der Waals surface area contributed by atoms with E-state index < -0.39 is 54.0 Å². The number of amides is 4. The molecule has 10 heteroatoms. The minimum absolute atomic E-state index is 0.0406. The molecule has 0 spiro atoms. The van der Waals surface area contributed by atoms with Crippen molar-refractivity contribution in [2.75, 3.05) is 0 Å². The highest BCUT2D eigenvalue weighted by atomic mass is 16.6. The minimum Gasteiger partial charge on any atom is -0.507 e. The molecule has 1 aromatic rings. The first kappa shape index (κ1) is 29.9. The molecule has 1 fully saturated rings. The normalized spacial score (nSPS) is 16.0. The lowest BCUT2D eigenvalue weighted by atomic mass is 9.93. The zero-order valence-corrected chi connectivity index (χ0v) is 22.8. The Morgan fingerprint density at radius 3 is 2.30 bits per heavy atom. The summed E-state index contributed by atoms with van der Waals surface area (Å²) in [6.07, 6.45) is 3.39. The molecule has 10 nitrogen and oxygen atoms in total. The Bertz CT molecular complexity index is 982. The topological polar surface area (TPSA) is 151 Å². The highest BCUT2D eigenvalue weighted by molar-refractivity contribution is 5.95. The molecule has 37 heavy (non-hydrogen) atoms. The van der Waals surface area contributed by atoms with E-state index in [1.165, 1.54) is 4.90 Å². The van der Waals surface area contributed by atoms with Gasteiger partial charge in [-0.25, -0.2) is 4.79 Å². The molecule has 2 atom stereocenters. The van der Waals surface area contributed by atoms with E-state index in [2.05, 4.69) is 10.6 Å². The van der Waals surface area contributed by atoms with Gasteiger partial charge in [-0.15, -0.1) is 0 Å². The molecule has 0 aromatic heterocycles. The van der Waals surface area contributed by atoms with Gasteiger partial charge >= 0.3 is 6.09 Å². The molecule has 2 unspecified atom stereocenters. The van der Waals surface area contributed by atoms with E-state index in [0.29, 0.717) is 5.56 Å². The van der Waals surface area contributed by atoms with E-state index in [1.54, 1.807) is 59.7 Å². The summed E-state index contributed by atoms with van der Waals surface area (Å²) >= 11 is 0. The average molecular weight is 519 g/mol. The number of primary amides is 1. The fourth-order valence-electron chi connectivity index (χ4n) is 4.56. The summed E-state index contributed by atoms with van der Waals surface area (Å²) in [5, 5.41) is 16.4. The third kappa shape index (κ3) is 8.65. The largest absolute Gasteiger partial charge is 0.507 e. The van der Waals surface area contributed by atoms with E-state index >= 15 is 0 Å². The SMILES string of the molecule is Cc1cccc(C(C(=O)NC2CCCCC2)N(C(=O)C(CC(N)=O)NC(=O)OC(C)(C)C)C(C)C)c1O. The van der Waals surface area contributed by atoms with Crippen LogP contribution in [0, 0.1) is 6.92 Å². The Labute approximate surface area is 219 Å². The molecule has 1 aromatic carbocycles. The van der Waals surface area contributed by atoms with Crippen molar-refractivity contribution >= 4 is 23.8 Å². The van der Waals surface area contributed by atoms with Gasteiger partial charge in [0.1, 0.15) is 23.4 Å². The summed E-state index contributed by atoms with van der Waals surface area (Å²) in [7, 11) is 0. The van der Waals surface area contributed by atoms with Crippen LogP contribution in [0.1, 0.15) is 90.3 Å². The maximum atomic E-state index is 13.9. The summed E-state index contributed by atoms with van der Waals surface area (Å²) in [6.45, 7) is 10.2. The van der Waals surface area contributed by atoms with Crippen molar-refractivity contribution in [2.24, 2.45) is 5.73 Å². The summed E-state index contributed by atoms with van der Waals surface area (Å²) in [4.78, 5) is 53.3. The van der Waals surface area contributed by atoms with Gasteiger partial charge in [0.05, 0.1) is 6.42 Å². The molecule has 1 saturated carbocycles. The van der Waals surface area contributed by atoms with Crippen molar-refractivity contribution in [3.8, 4) is 5.75 Å². The Morgan fingerprint density at radius 2 is 1.76 bits per heavy atom. The van der Waals surface area contributed by atoms with Gasteiger partial charge in [-0.1, -0.05) is 37.5 Å². The predicted molar refractivity (Wildman–Crippen MR) is 140 cm³/mol. The number of rotatable bonds is 9. The summed E-state index contributed by atoms with van der Waals surface area (Å²) in [5.74, 6) is -2.04. The molecule has 0 saturated heterocycles. The quantitative estimate of drug-likeness (QED) is 0.394. The molecule has 0 heterocycles. The van der Waals surface area contributed by atoms with Crippen LogP contribution in [-0.4, -0.2) is 57.5 Å². The van der Waals surface area contributed by atoms with Crippen molar-refractivity contribution in [3.05, 3.63) is 29.3 Å². The van der Waals surface area contributed by atoms with Crippen LogP contribution >= 0.6 is 0 Å². The van der Waals surface area contributed by atoms with Crippen LogP contribution in [0.4, 0.5) is 4.79 Å². The van der Waals surface area contributed by atoms with E-state index in [9.17, 15) is 24.3 Å². The number of benzene rings is 1. The lowest BCUT2D eigenvalue weighted by molar-refractivity contribution is -0.145. The first-order valence-corrected chi connectivity index (χ1v) is 12.9. The fraction of sp³-hybridized carbons (Fsp3) is 0.630. The number of carbonyl (C=O) groups is 4. The molecule has 1 aliphatic rings. The molecular weight excluding hydrogens is 476 g/mol. The van der Waals surface area contributed by atoms with E-state index in [4.69, 9.17) is 10.5 Å². The second kappa shape index (κ2) is 12.8. The van der Waals surface area contributed by atoms with Crippen molar-refractivity contribution in [1.29, 1.82) is 0 Å². The van der Waals surface area contributed by atoms with Gasteiger partial charge in [0, 0.05) is 17.6 Å². The number of hydrogen-bond donors (Lipinski definition) is 4. The van der Waals surface area contributed by atoms with E-state index in [-0.39, 0.29) is 17.4 Å². The molecule has 206 valence electrons. The number of phenols is 1. The fourth-order valence-corrected chi connectivity index (χ4v) is 4.56. The maximum absolute atomic E-state index is 13.9. The third-order valence-electron chi connectivity index (χ3n) is 6.25. The second-order valence-corrected chi connectivity index (χ2v) is 11.0. The van der Waals surface area contributed by atoms with Crippen LogP contribution < -0.4 is 16.4 Å². The Morgan fingerprint density at radius 1 is 1.14 bits per heavy atom. The molecular formula is C27H42N4O6. The zero-order valence-electron chi connectivity index (χ0n) is 22.8. The minimum atomic E-state index is -1.37. The third-order valence-corrected chi connectivity index (χ3v) is 6.25. The number of nitrogens with two attached hydrogens (primary N) is 1. The Hall–Kier alpha value is -3.30. The number of ether oxygens (including phenoxy) is 1. The first-order chi connectivity index (χ1) is 17.2. The van der Waals surface area contributed by atoms with E-state index in [1.807, 2.05) is 0 Å². The molecule has 1 aliphatic carbocycles. The van der Waals surface area contributed by atoms with Crippen LogP contribution in [-0.2, 0) is 19.1 Å². The zero-order chi connectivity index (χ0) is 27.9. The van der Waals surface area contributed by atoms with Crippen molar-refractivity contribution in [1.82, 2.24) is 15.5 Å². The van der Waals surface area contributed by atoms with Gasteiger partial charge in [0.2, 0.25) is 17.7 Å². The molecule has 5 N–H and O–H groups in total. The van der Waals surface area contributed by atoms with Gasteiger partial charge in [-0.05, 0) is 59.9 Å². The number of phenolic OH excluding ortho intramolecular Hbond substituents is 1. The number of aromatic hydroxyl groups is 1. The Kier molecular flexibility index (Phi) is 10.3. The molecule has 0 aliphatic heterocycles. The van der Waals surface area contributed by atoms with Crippen LogP contribution in [0.2, 0.25) is 0 Å². The monoisotopic (exact) mass is 518 g/mol. The number of alkyl carbamates (subject to hydrolysis) is 1.